The minimum Gasteiger partial charge on any atom is -0.375 e. The first-order valence-electron chi connectivity index (χ1n) is 10.2. The van der Waals surface area contributed by atoms with Crippen LogP contribution in [-0.4, -0.2) is 41.3 Å². The zero-order valence-electron chi connectivity index (χ0n) is 18.9. The van der Waals surface area contributed by atoms with E-state index in [0.29, 0.717) is 24.1 Å². The van der Waals surface area contributed by atoms with Gasteiger partial charge in [-0.25, -0.2) is 0 Å². The van der Waals surface area contributed by atoms with Crippen molar-refractivity contribution < 1.29 is 4.79 Å². The predicted octanol–water partition coefficient (Wildman–Crippen LogP) is 3.68. The average Bonchev–Trinajstić information content (AvgIpc) is 2.58. The number of rotatable bonds is 10. The van der Waals surface area contributed by atoms with Gasteiger partial charge >= 0.3 is 0 Å². The summed E-state index contributed by atoms with van der Waals surface area (Å²) in [6.45, 7) is 17.0. The number of nitrogens with one attached hydrogen (secondary N) is 2. The molecule has 0 radical (unpaired) electrons. The van der Waals surface area contributed by atoms with Crippen molar-refractivity contribution in [3.05, 3.63) is 29.3 Å². The van der Waals surface area contributed by atoms with E-state index in [9.17, 15) is 4.79 Å². The second kappa shape index (κ2) is 11.9. The lowest BCUT2D eigenvalue weighted by molar-refractivity contribution is -0.118. The third-order valence-electron chi connectivity index (χ3n) is 4.49. The minimum atomic E-state index is -0.421. The van der Waals surface area contributed by atoms with E-state index in [4.69, 9.17) is 18.0 Å². The van der Waals surface area contributed by atoms with Crippen LogP contribution in [-0.2, 0) is 4.79 Å². The first kappa shape index (κ1) is 25.0. The summed E-state index contributed by atoms with van der Waals surface area (Å²) >= 11 is 4.85. The summed E-state index contributed by atoms with van der Waals surface area (Å²) in [4.78, 5) is 15.6. The van der Waals surface area contributed by atoms with Gasteiger partial charge in [-0.3, -0.25) is 10.2 Å². The minimum absolute atomic E-state index is 0.0825. The van der Waals surface area contributed by atoms with Crippen LogP contribution in [0.4, 0.5) is 5.69 Å². The van der Waals surface area contributed by atoms with E-state index in [2.05, 4.69) is 54.5 Å². The Bertz CT molecular complexity index is 720. The van der Waals surface area contributed by atoms with Gasteiger partial charge in [0, 0.05) is 31.0 Å². The van der Waals surface area contributed by atoms with Gasteiger partial charge in [0.1, 0.15) is 0 Å². The third-order valence-corrected chi connectivity index (χ3v) is 4.58. The molecule has 0 aromatic heterocycles. The molecule has 1 atom stereocenters. The first-order chi connectivity index (χ1) is 13.5. The molecule has 29 heavy (non-hydrogen) atoms. The summed E-state index contributed by atoms with van der Waals surface area (Å²) in [5, 5.41) is 7.41. The number of thiocarbonyl (C=S) groups is 1. The highest BCUT2D eigenvalue weighted by Crippen LogP contribution is 2.18. The number of carbonyl (C=O) groups excluding carboxylic acids is 1. The Labute approximate surface area is 181 Å². The second-order valence-corrected chi connectivity index (χ2v) is 9.04. The molecule has 1 amide bonds. The fraction of sp³-hybridized carbons (Fsp3) is 0.591. The molecule has 7 heteroatoms. The third kappa shape index (κ3) is 9.37. The van der Waals surface area contributed by atoms with Crippen LogP contribution in [0.5, 0.6) is 0 Å². The van der Waals surface area contributed by atoms with Gasteiger partial charge in [-0.2, -0.15) is 5.10 Å². The molecule has 6 nitrogen and oxygen atoms in total. The van der Waals surface area contributed by atoms with Crippen LogP contribution in [0.15, 0.2) is 23.3 Å². The van der Waals surface area contributed by atoms with Crippen LogP contribution >= 0.6 is 12.2 Å². The van der Waals surface area contributed by atoms with Crippen LogP contribution < -0.4 is 16.5 Å². The van der Waals surface area contributed by atoms with Crippen molar-refractivity contribution in [3.8, 4) is 0 Å². The molecule has 1 unspecified atom stereocenters. The van der Waals surface area contributed by atoms with Gasteiger partial charge in [0.2, 0.25) is 5.91 Å². The average molecular weight is 420 g/mol. The number of amides is 1. The van der Waals surface area contributed by atoms with Crippen molar-refractivity contribution in [3.63, 3.8) is 0 Å². The van der Waals surface area contributed by atoms with Gasteiger partial charge in [0.15, 0.2) is 5.11 Å². The van der Waals surface area contributed by atoms with Crippen LogP contribution in [0, 0.1) is 31.6 Å². The summed E-state index contributed by atoms with van der Waals surface area (Å²) in [6.07, 6.45) is 0. The van der Waals surface area contributed by atoms with Crippen LogP contribution in [0.3, 0.4) is 0 Å². The highest BCUT2D eigenvalue weighted by molar-refractivity contribution is 7.80. The lowest BCUT2D eigenvalue weighted by Crippen LogP contribution is -2.43. The topological polar surface area (TPSA) is 82.8 Å². The molecular formula is C22H37N5OS. The van der Waals surface area contributed by atoms with E-state index >= 15 is 0 Å². The predicted molar refractivity (Wildman–Crippen MR) is 127 cm³/mol. The summed E-state index contributed by atoms with van der Waals surface area (Å²) in [6, 6.07) is 6.00. The van der Waals surface area contributed by atoms with Gasteiger partial charge < -0.3 is 16.0 Å². The number of carbonyl (C=O) groups is 1. The lowest BCUT2D eigenvalue weighted by Gasteiger charge is -2.30. The van der Waals surface area contributed by atoms with Gasteiger partial charge in [-0.15, -0.1) is 0 Å². The van der Waals surface area contributed by atoms with E-state index in [0.717, 1.165) is 29.9 Å². The number of anilines is 1. The fourth-order valence-corrected chi connectivity index (χ4v) is 3.36. The van der Waals surface area contributed by atoms with Crippen molar-refractivity contribution in [1.82, 2.24) is 10.3 Å². The van der Waals surface area contributed by atoms with Gasteiger partial charge in [-0.1, -0.05) is 45.4 Å². The van der Waals surface area contributed by atoms with Crippen molar-refractivity contribution in [2.75, 3.05) is 25.0 Å². The number of hydrogen-bond donors (Lipinski definition) is 3. The largest absolute Gasteiger partial charge is 0.375 e. The van der Waals surface area contributed by atoms with Crippen LogP contribution in [0.1, 0.15) is 45.7 Å². The Kier molecular flexibility index (Phi) is 10.3. The van der Waals surface area contributed by atoms with Crippen LogP contribution in [0.2, 0.25) is 0 Å². The summed E-state index contributed by atoms with van der Waals surface area (Å²) < 4.78 is 0. The Balaban J connectivity index is 3.11. The first-order valence-corrected chi connectivity index (χ1v) is 10.6. The van der Waals surface area contributed by atoms with Crippen molar-refractivity contribution in [2.24, 2.45) is 28.6 Å². The molecule has 0 spiro atoms. The summed E-state index contributed by atoms with van der Waals surface area (Å²) in [5.41, 5.74) is 11.8. The zero-order chi connectivity index (χ0) is 22.1. The monoisotopic (exact) mass is 419 g/mol. The molecule has 0 fully saturated rings. The van der Waals surface area contributed by atoms with Crippen molar-refractivity contribution in [1.29, 1.82) is 0 Å². The second-order valence-electron chi connectivity index (χ2n) is 8.60. The van der Waals surface area contributed by atoms with Gasteiger partial charge in [0.05, 0.1) is 5.92 Å². The molecule has 0 aliphatic carbocycles. The van der Waals surface area contributed by atoms with E-state index in [1.807, 2.05) is 32.9 Å². The molecule has 0 aliphatic rings. The molecule has 162 valence electrons. The number of benzene rings is 1. The Hall–Kier alpha value is -1.99. The van der Waals surface area contributed by atoms with E-state index in [1.54, 1.807) is 0 Å². The Morgan fingerprint density at radius 2 is 1.72 bits per heavy atom. The highest BCUT2D eigenvalue weighted by Gasteiger charge is 2.26. The van der Waals surface area contributed by atoms with E-state index in [-0.39, 0.29) is 11.0 Å². The van der Waals surface area contributed by atoms with Crippen molar-refractivity contribution in [2.45, 2.75) is 48.5 Å². The molecular weight excluding hydrogens is 382 g/mol. The van der Waals surface area contributed by atoms with E-state index < -0.39 is 5.92 Å². The summed E-state index contributed by atoms with van der Waals surface area (Å²) in [7, 11) is 0. The molecule has 4 N–H and O–H groups in total. The number of hydrogen-bond acceptors (Lipinski definition) is 4. The number of nitrogens with two attached hydrogens (primary N) is 1. The number of aryl methyl sites for hydroxylation is 2. The smallest absolute Gasteiger partial charge is 0.234 e. The highest BCUT2D eigenvalue weighted by atomic mass is 32.1. The lowest BCUT2D eigenvalue weighted by atomic mass is 10.00. The molecule has 0 saturated carbocycles. The van der Waals surface area contributed by atoms with E-state index in [1.165, 1.54) is 0 Å². The van der Waals surface area contributed by atoms with Gasteiger partial charge in [0.25, 0.3) is 0 Å². The van der Waals surface area contributed by atoms with Crippen LogP contribution in [0.25, 0.3) is 0 Å². The molecule has 1 rings (SSSR count). The molecule has 0 heterocycles. The standard InChI is InChI=1S/C22H37N5OS/c1-14(2)11-27(12-15(3)4)13-19(18(7)25-26-22(23)29)21(28)24-20-9-8-16(5)10-17(20)6/h8-10,14-15,19H,11-13H2,1-7H3,(H,24,28)(H3,23,26,29). The number of hydrazone groups is 1. The van der Waals surface area contributed by atoms with Gasteiger partial charge in [-0.05, 0) is 56.5 Å². The maximum absolute atomic E-state index is 13.2. The maximum Gasteiger partial charge on any atom is 0.234 e. The van der Waals surface area contributed by atoms with Crippen molar-refractivity contribution >= 4 is 34.6 Å². The molecule has 1 aromatic rings. The zero-order valence-corrected chi connectivity index (χ0v) is 19.7. The molecule has 0 saturated heterocycles. The quantitative estimate of drug-likeness (QED) is 0.306. The molecule has 0 bridgehead atoms. The normalized spacial score (nSPS) is 13.1. The summed E-state index contributed by atoms with van der Waals surface area (Å²) in [5.74, 6) is 0.503. The number of nitrogens with zero attached hydrogens (tertiary/aromatic N) is 2. The maximum atomic E-state index is 13.2. The molecule has 1 aromatic carbocycles. The molecule has 0 aliphatic heterocycles. The Morgan fingerprint density at radius 3 is 2.21 bits per heavy atom. The Morgan fingerprint density at radius 1 is 1.14 bits per heavy atom. The fourth-order valence-electron chi connectivity index (χ4n) is 3.31. The SMILES string of the molecule is CC(=NNC(N)=S)C(CN(CC(C)C)CC(C)C)C(=O)Nc1ccc(C)cc1C.